The molecule has 1 heterocycles. The standard InChI is InChI=1S/C7H14N2.CH4/c1-3-4-9-6-5-8(2)7-9;/h5-6H,3-4,7H2,1-2H3;1H4. The molecule has 2 heteroatoms. The van der Waals surface area contributed by atoms with E-state index in [0.717, 1.165) is 6.67 Å². The maximum absolute atomic E-state index is 2.31. The summed E-state index contributed by atoms with van der Waals surface area (Å²) < 4.78 is 0. The summed E-state index contributed by atoms with van der Waals surface area (Å²) >= 11 is 0. The van der Waals surface area contributed by atoms with Crippen molar-refractivity contribution in [1.29, 1.82) is 0 Å². The third-order valence-electron chi connectivity index (χ3n) is 1.45. The topological polar surface area (TPSA) is 6.48 Å². The van der Waals surface area contributed by atoms with Crippen LogP contribution in [0.4, 0.5) is 0 Å². The molecular weight excluding hydrogens is 124 g/mol. The fourth-order valence-corrected chi connectivity index (χ4v) is 1.02. The van der Waals surface area contributed by atoms with Crippen molar-refractivity contribution in [2.24, 2.45) is 0 Å². The molecule has 1 rings (SSSR count). The first-order valence-corrected chi connectivity index (χ1v) is 3.45. The molecule has 0 fully saturated rings. The highest BCUT2D eigenvalue weighted by Crippen LogP contribution is 2.02. The number of nitrogens with zero attached hydrogens (tertiary/aromatic N) is 2. The minimum Gasteiger partial charge on any atom is -0.362 e. The van der Waals surface area contributed by atoms with Gasteiger partial charge in [-0.15, -0.1) is 0 Å². The summed E-state index contributed by atoms with van der Waals surface area (Å²) in [5, 5.41) is 0. The molecule has 0 unspecified atom stereocenters. The van der Waals surface area contributed by atoms with Crippen molar-refractivity contribution in [3.8, 4) is 0 Å². The second-order valence-corrected chi connectivity index (χ2v) is 2.51. The van der Waals surface area contributed by atoms with Crippen LogP contribution in [0.1, 0.15) is 20.8 Å². The summed E-state index contributed by atoms with van der Waals surface area (Å²) in [4.78, 5) is 4.48. The van der Waals surface area contributed by atoms with Crippen LogP contribution in [-0.4, -0.2) is 30.1 Å². The van der Waals surface area contributed by atoms with Crippen LogP contribution in [0.25, 0.3) is 0 Å². The highest BCUT2D eigenvalue weighted by molar-refractivity contribution is 4.87. The molecule has 0 aromatic rings. The molecule has 0 aromatic heterocycles. The molecule has 1 aliphatic heterocycles. The van der Waals surface area contributed by atoms with Crippen LogP contribution >= 0.6 is 0 Å². The van der Waals surface area contributed by atoms with Crippen molar-refractivity contribution < 1.29 is 0 Å². The van der Waals surface area contributed by atoms with E-state index in [1.54, 1.807) is 0 Å². The maximum Gasteiger partial charge on any atom is 0.0890 e. The van der Waals surface area contributed by atoms with Gasteiger partial charge in [-0.1, -0.05) is 14.4 Å². The lowest BCUT2D eigenvalue weighted by Crippen LogP contribution is -2.22. The molecular formula is C8H18N2. The largest absolute Gasteiger partial charge is 0.362 e. The SMILES string of the molecule is C.CCCN1C=CN(C)C1. The fraction of sp³-hybridized carbons (Fsp3) is 0.750. The maximum atomic E-state index is 2.31. The van der Waals surface area contributed by atoms with Crippen LogP contribution in [0.15, 0.2) is 12.4 Å². The summed E-state index contributed by atoms with van der Waals surface area (Å²) in [5.41, 5.74) is 0. The Balaban J connectivity index is 0.000000810. The predicted octanol–water partition coefficient (Wildman–Crippen LogP) is 1.71. The summed E-state index contributed by atoms with van der Waals surface area (Å²) in [6, 6.07) is 0. The molecule has 0 N–H and O–H groups in total. The molecule has 0 saturated heterocycles. The second kappa shape index (κ2) is 4.20. The Morgan fingerprint density at radius 1 is 1.40 bits per heavy atom. The Labute approximate surface area is 64.1 Å². The van der Waals surface area contributed by atoms with Gasteiger partial charge < -0.3 is 9.80 Å². The van der Waals surface area contributed by atoms with Crippen LogP contribution in [0.5, 0.6) is 0 Å². The van der Waals surface area contributed by atoms with Gasteiger partial charge in [0.05, 0.1) is 6.67 Å². The first-order chi connectivity index (χ1) is 4.33. The van der Waals surface area contributed by atoms with Gasteiger partial charge in [-0.3, -0.25) is 0 Å². The average Bonchev–Trinajstić information content (AvgIpc) is 2.17. The van der Waals surface area contributed by atoms with E-state index in [0.29, 0.717) is 0 Å². The minimum absolute atomic E-state index is 0. The Bertz CT molecular complexity index is 110. The van der Waals surface area contributed by atoms with Crippen LogP contribution in [-0.2, 0) is 0 Å². The molecule has 0 saturated carbocycles. The zero-order chi connectivity index (χ0) is 6.69. The van der Waals surface area contributed by atoms with E-state index in [-0.39, 0.29) is 7.43 Å². The molecule has 0 amide bonds. The van der Waals surface area contributed by atoms with E-state index in [2.05, 4.69) is 36.2 Å². The lowest BCUT2D eigenvalue weighted by atomic mass is 10.4. The number of hydrogen-bond donors (Lipinski definition) is 0. The van der Waals surface area contributed by atoms with Crippen molar-refractivity contribution in [3.63, 3.8) is 0 Å². The van der Waals surface area contributed by atoms with Crippen molar-refractivity contribution in [2.75, 3.05) is 20.3 Å². The summed E-state index contributed by atoms with van der Waals surface area (Å²) in [6.07, 6.45) is 5.48. The van der Waals surface area contributed by atoms with Gasteiger partial charge >= 0.3 is 0 Å². The van der Waals surface area contributed by atoms with Crippen LogP contribution in [0.2, 0.25) is 0 Å². The normalized spacial score (nSPS) is 15.8. The van der Waals surface area contributed by atoms with Crippen molar-refractivity contribution in [3.05, 3.63) is 12.4 Å². The molecule has 1 aliphatic rings. The predicted molar refractivity (Wildman–Crippen MR) is 45.5 cm³/mol. The smallest absolute Gasteiger partial charge is 0.0890 e. The van der Waals surface area contributed by atoms with Gasteiger partial charge in [-0.05, 0) is 6.42 Å². The second-order valence-electron chi connectivity index (χ2n) is 2.51. The van der Waals surface area contributed by atoms with Crippen molar-refractivity contribution in [2.45, 2.75) is 20.8 Å². The molecule has 0 aromatic carbocycles. The van der Waals surface area contributed by atoms with E-state index in [4.69, 9.17) is 0 Å². The first kappa shape index (κ1) is 9.34. The van der Waals surface area contributed by atoms with Gasteiger partial charge in [-0.25, -0.2) is 0 Å². The van der Waals surface area contributed by atoms with Crippen LogP contribution in [0, 0.1) is 0 Å². The van der Waals surface area contributed by atoms with Gasteiger partial charge in [0.15, 0.2) is 0 Å². The number of hydrogen-bond acceptors (Lipinski definition) is 2. The minimum atomic E-state index is 0. The molecule has 0 bridgehead atoms. The molecule has 0 aliphatic carbocycles. The lowest BCUT2D eigenvalue weighted by Gasteiger charge is -2.16. The van der Waals surface area contributed by atoms with Crippen LogP contribution in [0.3, 0.4) is 0 Å². The Kier molecular flexibility index (Phi) is 3.93. The third kappa shape index (κ3) is 2.29. The van der Waals surface area contributed by atoms with E-state index >= 15 is 0 Å². The lowest BCUT2D eigenvalue weighted by molar-refractivity contribution is 0.297. The zero-order valence-electron chi connectivity index (χ0n) is 6.17. The molecule has 10 heavy (non-hydrogen) atoms. The first-order valence-electron chi connectivity index (χ1n) is 3.45. The van der Waals surface area contributed by atoms with E-state index in [1.165, 1.54) is 13.0 Å². The summed E-state index contributed by atoms with van der Waals surface area (Å²) in [7, 11) is 2.09. The zero-order valence-corrected chi connectivity index (χ0v) is 6.17. The van der Waals surface area contributed by atoms with Gasteiger partial charge in [0, 0.05) is 26.0 Å². The highest BCUT2D eigenvalue weighted by Gasteiger charge is 2.04. The molecule has 60 valence electrons. The molecule has 0 radical (unpaired) electrons. The highest BCUT2D eigenvalue weighted by atomic mass is 15.3. The van der Waals surface area contributed by atoms with E-state index in [9.17, 15) is 0 Å². The van der Waals surface area contributed by atoms with E-state index < -0.39 is 0 Å². The van der Waals surface area contributed by atoms with Gasteiger partial charge in [0.1, 0.15) is 0 Å². The van der Waals surface area contributed by atoms with Crippen molar-refractivity contribution >= 4 is 0 Å². The number of rotatable bonds is 2. The monoisotopic (exact) mass is 142 g/mol. The average molecular weight is 142 g/mol. The molecule has 0 atom stereocenters. The summed E-state index contributed by atoms with van der Waals surface area (Å²) in [6.45, 7) is 4.45. The third-order valence-corrected chi connectivity index (χ3v) is 1.45. The van der Waals surface area contributed by atoms with Gasteiger partial charge in [0.2, 0.25) is 0 Å². The Morgan fingerprint density at radius 3 is 2.50 bits per heavy atom. The Morgan fingerprint density at radius 2 is 2.10 bits per heavy atom. The molecule has 2 nitrogen and oxygen atoms in total. The van der Waals surface area contributed by atoms with Crippen LogP contribution < -0.4 is 0 Å². The van der Waals surface area contributed by atoms with Gasteiger partial charge in [0.25, 0.3) is 0 Å². The van der Waals surface area contributed by atoms with E-state index in [1.807, 2.05) is 0 Å². The molecule has 0 spiro atoms. The van der Waals surface area contributed by atoms with Crippen molar-refractivity contribution in [1.82, 2.24) is 9.80 Å². The quantitative estimate of drug-likeness (QED) is 0.579. The fourth-order valence-electron chi connectivity index (χ4n) is 1.02. The van der Waals surface area contributed by atoms with Gasteiger partial charge in [-0.2, -0.15) is 0 Å². The Hall–Kier alpha value is -0.660. The summed E-state index contributed by atoms with van der Waals surface area (Å²) in [5.74, 6) is 0.